The summed E-state index contributed by atoms with van der Waals surface area (Å²) >= 11 is 0. The van der Waals surface area contributed by atoms with Crippen molar-refractivity contribution in [2.75, 3.05) is 24.6 Å². The standard InChI is InChI=1S/C13H19N3O/c1-9-5-10(14)7-12(6-9)15-11-3-4-13(17)16(2)8-11/h5-7,11,15H,3-4,8,14H2,1-2H3. The molecular weight excluding hydrogens is 214 g/mol. The summed E-state index contributed by atoms with van der Waals surface area (Å²) in [4.78, 5) is 13.2. The first-order valence-electron chi connectivity index (χ1n) is 5.92. The lowest BCUT2D eigenvalue weighted by molar-refractivity contribution is -0.132. The van der Waals surface area contributed by atoms with E-state index in [-0.39, 0.29) is 5.91 Å². The van der Waals surface area contributed by atoms with E-state index in [4.69, 9.17) is 5.73 Å². The molecule has 2 rings (SSSR count). The van der Waals surface area contributed by atoms with E-state index in [1.807, 2.05) is 26.1 Å². The maximum absolute atomic E-state index is 11.4. The van der Waals surface area contributed by atoms with Gasteiger partial charge in [-0.05, 0) is 37.1 Å². The first kappa shape index (κ1) is 11.8. The lowest BCUT2D eigenvalue weighted by Gasteiger charge is -2.31. The van der Waals surface area contributed by atoms with Gasteiger partial charge in [0.15, 0.2) is 0 Å². The molecule has 0 aromatic heterocycles. The van der Waals surface area contributed by atoms with Crippen LogP contribution in [0.3, 0.4) is 0 Å². The van der Waals surface area contributed by atoms with Crippen LogP contribution in [-0.4, -0.2) is 30.4 Å². The molecule has 0 aliphatic carbocycles. The van der Waals surface area contributed by atoms with E-state index in [1.165, 1.54) is 0 Å². The van der Waals surface area contributed by atoms with Crippen LogP contribution in [0.25, 0.3) is 0 Å². The monoisotopic (exact) mass is 233 g/mol. The summed E-state index contributed by atoms with van der Waals surface area (Å²) < 4.78 is 0. The quantitative estimate of drug-likeness (QED) is 0.763. The zero-order valence-corrected chi connectivity index (χ0v) is 10.4. The predicted molar refractivity (Wildman–Crippen MR) is 69.9 cm³/mol. The Bertz CT molecular complexity index is 410. The van der Waals surface area contributed by atoms with Crippen molar-refractivity contribution in [1.82, 2.24) is 4.90 Å². The van der Waals surface area contributed by atoms with Crippen molar-refractivity contribution in [3.8, 4) is 0 Å². The Labute approximate surface area is 102 Å². The topological polar surface area (TPSA) is 58.4 Å². The van der Waals surface area contributed by atoms with Gasteiger partial charge in [0.1, 0.15) is 0 Å². The third kappa shape index (κ3) is 2.90. The second kappa shape index (κ2) is 4.65. The van der Waals surface area contributed by atoms with Crippen LogP contribution in [0.15, 0.2) is 18.2 Å². The summed E-state index contributed by atoms with van der Waals surface area (Å²) in [6.45, 7) is 2.78. The molecule has 1 aliphatic heterocycles. The SMILES string of the molecule is Cc1cc(N)cc(NC2CCC(=O)N(C)C2)c1. The van der Waals surface area contributed by atoms with E-state index in [1.54, 1.807) is 4.90 Å². The summed E-state index contributed by atoms with van der Waals surface area (Å²) in [6.07, 6.45) is 1.51. The van der Waals surface area contributed by atoms with Crippen LogP contribution in [-0.2, 0) is 4.79 Å². The molecule has 0 radical (unpaired) electrons. The Kier molecular flexibility index (Phi) is 3.22. The van der Waals surface area contributed by atoms with Gasteiger partial charge in [0.05, 0.1) is 0 Å². The van der Waals surface area contributed by atoms with Crippen LogP contribution in [0, 0.1) is 6.92 Å². The molecule has 4 nitrogen and oxygen atoms in total. The fraction of sp³-hybridized carbons (Fsp3) is 0.462. The highest BCUT2D eigenvalue weighted by Gasteiger charge is 2.22. The highest BCUT2D eigenvalue weighted by Crippen LogP contribution is 2.20. The highest BCUT2D eigenvalue weighted by atomic mass is 16.2. The number of nitrogens with two attached hydrogens (primary N) is 1. The molecular formula is C13H19N3O. The van der Waals surface area contributed by atoms with Crippen LogP contribution in [0.4, 0.5) is 11.4 Å². The number of benzene rings is 1. The Balaban J connectivity index is 2.03. The van der Waals surface area contributed by atoms with Gasteiger partial charge < -0.3 is 16.0 Å². The molecule has 1 amide bonds. The van der Waals surface area contributed by atoms with Gasteiger partial charge in [-0.15, -0.1) is 0 Å². The minimum atomic E-state index is 0.229. The van der Waals surface area contributed by atoms with E-state index < -0.39 is 0 Å². The number of aryl methyl sites for hydroxylation is 1. The largest absolute Gasteiger partial charge is 0.399 e. The second-order valence-corrected chi connectivity index (χ2v) is 4.79. The predicted octanol–water partition coefficient (Wildman–Crippen LogP) is 1.61. The number of hydrogen-bond donors (Lipinski definition) is 2. The van der Waals surface area contributed by atoms with Crippen molar-refractivity contribution < 1.29 is 4.79 Å². The summed E-state index contributed by atoms with van der Waals surface area (Å²) in [5.41, 5.74) is 8.76. The molecule has 1 unspecified atom stereocenters. The fourth-order valence-corrected chi connectivity index (χ4v) is 2.26. The number of nitrogen functional groups attached to an aromatic ring is 1. The third-order valence-corrected chi connectivity index (χ3v) is 3.10. The number of likely N-dealkylation sites (N-methyl/N-ethyl adjacent to an activating group) is 1. The number of hydrogen-bond acceptors (Lipinski definition) is 3. The number of rotatable bonds is 2. The Hall–Kier alpha value is -1.71. The fourth-order valence-electron chi connectivity index (χ4n) is 2.26. The Morgan fingerprint density at radius 3 is 2.82 bits per heavy atom. The molecule has 1 atom stereocenters. The first-order chi connectivity index (χ1) is 8.04. The normalized spacial score (nSPS) is 20.5. The van der Waals surface area contributed by atoms with Gasteiger partial charge in [-0.25, -0.2) is 0 Å². The number of piperidine rings is 1. The minimum absolute atomic E-state index is 0.229. The number of nitrogens with one attached hydrogen (secondary N) is 1. The van der Waals surface area contributed by atoms with Gasteiger partial charge in [0, 0.05) is 37.4 Å². The molecule has 1 aromatic rings. The average Bonchev–Trinajstić information content (AvgIpc) is 2.22. The van der Waals surface area contributed by atoms with Crippen molar-refractivity contribution in [2.24, 2.45) is 0 Å². The molecule has 1 saturated heterocycles. The van der Waals surface area contributed by atoms with Gasteiger partial charge in [-0.2, -0.15) is 0 Å². The molecule has 4 heteroatoms. The summed E-state index contributed by atoms with van der Waals surface area (Å²) in [5.74, 6) is 0.229. The molecule has 17 heavy (non-hydrogen) atoms. The lowest BCUT2D eigenvalue weighted by Crippen LogP contribution is -2.43. The van der Waals surface area contributed by atoms with Gasteiger partial charge in [-0.3, -0.25) is 4.79 Å². The van der Waals surface area contributed by atoms with Gasteiger partial charge in [0.25, 0.3) is 0 Å². The van der Waals surface area contributed by atoms with E-state index in [0.29, 0.717) is 12.5 Å². The van der Waals surface area contributed by atoms with E-state index in [2.05, 4.69) is 11.4 Å². The van der Waals surface area contributed by atoms with Crippen molar-refractivity contribution in [3.05, 3.63) is 23.8 Å². The zero-order chi connectivity index (χ0) is 12.4. The van der Waals surface area contributed by atoms with E-state index in [0.717, 1.165) is 29.9 Å². The first-order valence-corrected chi connectivity index (χ1v) is 5.92. The van der Waals surface area contributed by atoms with Gasteiger partial charge in [0.2, 0.25) is 5.91 Å². The maximum atomic E-state index is 11.4. The molecule has 92 valence electrons. The smallest absolute Gasteiger partial charge is 0.222 e. The third-order valence-electron chi connectivity index (χ3n) is 3.10. The second-order valence-electron chi connectivity index (χ2n) is 4.79. The number of likely N-dealkylation sites (tertiary alicyclic amines) is 1. The average molecular weight is 233 g/mol. The lowest BCUT2D eigenvalue weighted by atomic mass is 10.0. The zero-order valence-electron chi connectivity index (χ0n) is 10.4. The van der Waals surface area contributed by atoms with Gasteiger partial charge in [-0.1, -0.05) is 0 Å². The van der Waals surface area contributed by atoms with Crippen molar-refractivity contribution >= 4 is 17.3 Å². The molecule has 1 aliphatic rings. The number of nitrogens with zero attached hydrogens (tertiary/aromatic N) is 1. The van der Waals surface area contributed by atoms with Crippen LogP contribution in [0.2, 0.25) is 0 Å². The maximum Gasteiger partial charge on any atom is 0.222 e. The van der Waals surface area contributed by atoms with E-state index in [9.17, 15) is 4.79 Å². The summed E-state index contributed by atoms with van der Waals surface area (Å²) in [6, 6.07) is 6.27. The molecule has 0 saturated carbocycles. The van der Waals surface area contributed by atoms with Crippen LogP contribution in [0.1, 0.15) is 18.4 Å². The Morgan fingerprint density at radius 1 is 1.41 bits per heavy atom. The van der Waals surface area contributed by atoms with Crippen LogP contribution >= 0.6 is 0 Å². The van der Waals surface area contributed by atoms with Crippen molar-refractivity contribution in [2.45, 2.75) is 25.8 Å². The molecule has 0 bridgehead atoms. The summed E-state index contributed by atoms with van der Waals surface area (Å²) in [5, 5.41) is 3.44. The minimum Gasteiger partial charge on any atom is -0.399 e. The van der Waals surface area contributed by atoms with Crippen LogP contribution < -0.4 is 11.1 Å². The number of carbonyl (C=O) groups excluding carboxylic acids is 1. The van der Waals surface area contributed by atoms with E-state index >= 15 is 0 Å². The number of anilines is 2. The van der Waals surface area contributed by atoms with Crippen molar-refractivity contribution in [3.63, 3.8) is 0 Å². The molecule has 1 heterocycles. The van der Waals surface area contributed by atoms with Crippen LogP contribution in [0.5, 0.6) is 0 Å². The van der Waals surface area contributed by atoms with Gasteiger partial charge >= 0.3 is 0 Å². The molecule has 3 N–H and O–H groups in total. The highest BCUT2D eigenvalue weighted by molar-refractivity contribution is 5.77. The number of carbonyl (C=O) groups is 1. The molecule has 1 fully saturated rings. The Morgan fingerprint density at radius 2 is 2.18 bits per heavy atom. The number of amides is 1. The summed E-state index contributed by atoms with van der Waals surface area (Å²) in [7, 11) is 1.85. The molecule has 1 aromatic carbocycles. The molecule has 0 spiro atoms. The van der Waals surface area contributed by atoms with Crippen molar-refractivity contribution in [1.29, 1.82) is 0 Å².